The summed E-state index contributed by atoms with van der Waals surface area (Å²) in [5.74, 6) is 0. The van der Waals surface area contributed by atoms with Crippen molar-refractivity contribution in [2.45, 2.75) is 27.2 Å². The van der Waals surface area contributed by atoms with Gasteiger partial charge in [0, 0.05) is 12.4 Å². The Labute approximate surface area is 62.1 Å². The summed E-state index contributed by atoms with van der Waals surface area (Å²) in [7, 11) is 0. The van der Waals surface area contributed by atoms with Crippen molar-refractivity contribution < 1.29 is 0 Å². The normalized spacial score (nSPS) is 9.90. The van der Waals surface area contributed by atoms with Crippen molar-refractivity contribution in [3.63, 3.8) is 0 Å². The summed E-state index contributed by atoms with van der Waals surface area (Å²) in [6.07, 6.45) is 4.96. The van der Waals surface area contributed by atoms with E-state index in [-0.39, 0.29) is 0 Å². The molecule has 0 aliphatic rings. The predicted octanol–water partition coefficient (Wildman–Crippen LogP) is 2.26. The van der Waals surface area contributed by atoms with Crippen LogP contribution in [0.5, 0.6) is 0 Å². The first-order valence-electron chi connectivity index (χ1n) is 3.65. The topological polar surface area (TPSA) is 12.9 Å². The number of nitrogens with zero attached hydrogens (tertiary/aromatic N) is 1. The van der Waals surface area contributed by atoms with Gasteiger partial charge >= 0.3 is 0 Å². The second-order valence-electron chi connectivity index (χ2n) is 2.61. The molecule has 0 atom stereocenters. The Balaban J connectivity index is 3.17. The summed E-state index contributed by atoms with van der Waals surface area (Å²) in [5, 5.41) is 0. The third-order valence-electron chi connectivity index (χ3n) is 1.84. The van der Waals surface area contributed by atoms with E-state index in [0.717, 1.165) is 6.42 Å². The van der Waals surface area contributed by atoms with E-state index in [0.29, 0.717) is 0 Å². The average molecular weight is 135 g/mol. The van der Waals surface area contributed by atoms with Crippen molar-refractivity contribution in [3.05, 3.63) is 29.1 Å². The van der Waals surface area contributed by atoms with Crippen LogP contribution in [0.3, 0.4) is 0 Å². The van der Waals surface area contributed by atoms with Crippen molar-refractivity contribution in [1.82, 2.24) is 4.98 Å². The molecule has 0 radical (unpaired) electrons. The highest BCUT2D eigenvalue weighted by Crippen LogP contribution is 2.10. The first kappa shape index (κ1) is 7.26. The van der Waals surface area contributed by atoms with Crippen LogP contribution in [-0.4, -0.2) is 4.98 Å². The first-order valence-corrected chi connectivity index (χ1v) is 3.65. The van der Waals surface area contributed by atoms with Gasteiger partial charge in [-0.15, -0.1) is 0 Å². The third-order valence-corrected chi connectivity index (χ3v) is 1.84. The van der Waals surface area contributed by atoms with E-state index < -0.39 is 0 Å². The summed E-state index contributed by atoms with van der Waals surface area (Å²) in [5.41, 5.74) is 4.06. The Hall–Kier alpha value is -0.850. The van der Waals surface area contributed by atoms with Crippen molar-refractivity contribution in [1.29, 1.82) is 0 Å². The molecule has 0 saturated heterocycles. The van der Waals surface area contributed by atoms with E-state index in [9.17, 15) is 0 Å². The van der Waals surface area contributed by atoms with Crippen LogP contribution in [0.15, 0.2) is 12.4 Å². The van der Waals surface area contributed by atoms with Gasteiger partial charge in [0.2, 0.25) is 0 Å². The molecule has 54 valence electrons. The molecule has 1 heterocycles. The first-order chi connectivity index (χ1) is 4.75. The lowest BCUT2D eigenvalue weighted by molar-refractivity contribution is 1.05. The van der Waals surface area contributed by atoms with Crippen LogP contribution >= 0.6 is 0 Å². The summed E-state index contributed by atoms with van der Waals surface area (Å²) < 4.78 is 0. The number of rotatable bonds is 1. The quantitative estimate of drug-likeness (QED) is 0.575. The Morgan fingerprint density at radius 3 is 2.00 bits per heavy atom. The van der Waals surface area contributed by atoms with Gasteiger partial charge in [-0.3, -0.25) is 4.98 Å². The van der Waals surface area contributed by atoms with Gasteiger partial charge in [0.1, 0.15) is 0 Å². The smallest absolute Gasteiger partial charge is 0.0299 e. The third kappa shape index (κ3) is 1.18. The fourth-order valence-corrected chi connectivity index (χ4v) is 1.29. The van der Waals surface area contributed by atoms with E-state index in [1.54, 1.807) is 0 Å². The van der Waals surface area contributed by atoms with Crippen LogP contribution in [0.2, 0.25) is 0 Å². The van der Waals surface area contributed by atoms with Crippen LogP contribution in [0.4, 0.5) is 0 Å². The van der Waals surface area contributed by atoms with E-state index >= 15 is 0 Å². The van der Waals surface area contributed by atoms with Crippen LogP contribution in [0.1, 0.15) is 23.6 Å². The monoisotopic (exact) mass is 135 g/mol. The Bertz CT molecular complexity index is 208. The molecular formula is C9H13N. The molecule has 0 aromatic carbocycles. The van der Waals surface area contributed by atoms with Gasteiger partial charge in [-0.25, -0.2) is 0 Å². The van der Waals surface area contributed by atoms with Gasteiger partial charge in [-0.1, -0.05) is 6.92 Å². The highest BCUT2D eigenvalue weighted by Gasteiger charge is 1.97. The molecule has 0 saturated carbocycles. The fraction of sp³-hybridized carbons (Fsp3) is 0.444. The second-order valence-corrected chi connectivity index (χ2v) is 2.61. The summed E-state index contributed by atoms with van der Waals surface area (Å²) in [4.78, 5) is 4.09. The number of pyridine rings is 1. The van der Waals surface area contributed by atoms with Gasteiger partial charge in [0.15, 0.2) is 0 Å². The highest BCUT2D eigenvalue weighted by atomic mass is 14.6. The van der Waals surface area contributed by atoms with E-state index in [4.69, 9.17) is 0 Å². The minimum atomic E-state index is 1.11. The van der Waals surface area contributed by atoms with Crippen molar-refractivity contribution in [2.24, 2.45) is 0 Å². The molecule has 1 aromatic heterocycles. The van der Waals surface area contributed by atoms with E-state index in [2.05, 4.69) is 25.8 Å². The summed E-state index contributed by atoms with van der Waals surface area (Å²) >= 11 is 0. The fourth-order valence-electron chi connectivity index (χ4n) is 1.29. The zero-order chi connectivity index (χ0) is 7.56. The van der Waals surface area contributed by atoms with Crippen LogP contribution in [-0.2, 0) is 6.42 Å². The molecule has 10 heavy (non-hydrogen) atoms. The number of hydrogen-bond acceptors (Lipinski definition) is 1. The Morgan fingerprint density at radius 1 is 1.20 bits per heavy atom. The van der Waals surface area contributed by atoms with E-state index in [1.807, 2.05) is 12.4 Å². The maximum Gasteiger partial charge on any atom is 0.0299 e. The maximum absolute atomic E-state index is 4.09. The lowest BCUT2D eigenvalue weighted by Crippen LogP contribution is -1.91. The molecular weight excluding hydrogens is 122 g/mol. The average Bonchev–Trinajstić information content (AvgIpc) is 1.88. The molecule has 1 heteroatoms. The van der Waals surface area contributed by atoms with Gasteiger partial charge in [-0.2, -0.15) is 0 Å². The molecule has 0 N–H and O–H groups in total. The second kappa shape index (κ2) is 2.82. The zero-order valence-electron chi connectivity index (χ0n) is 6.81. The molecule has 0 aliphatic heterocycles. The van der Waals surface area contributed by atoms with Gasteiger partial charge in [-0.05, 0) is 37.0 Å². The lowest BCUT2D eigenvalue weighted by Gasteiger charge is -2.04. The molecule has 0 unspecified atom stereocenters. The Morgan fingerprint density at radius 2 is 1.70 bits per heavy atom. The number of aryl methyl sites for hydroxylation is 2. The minimum absolute atomic E-state index is 1.11. The molecule has 0 spiro atoms. The predicted molar refractivity (Wildman–Crippen MR) is 43.1 cm³/mol. The largest absolute Gasteiger partial charge is 0.264 e. The summed E-state index contributed by atoms with van der Waals surface area (Å²) in [6.45, 7) is 6.40. The van der Waals surface area contributed by atoms with Crippen molar-refractivity contribution in [2.75, 3.05) is 0 Å². The highest BCUT2D eigenvalue weighted by molar-refractivity contribution is 5.29. The maximum atomic E-state index is 4.09. The number of aromatic nitrogens is 1. The zero-order valence-corrected chi connectivity index (χ0v) is 6.81. The molecule has 1 rings (SSSR count). The van der Waals surface area contributed by atoms with Gasteiger partial charge < -0.3 is 0 Å². The molecule has 0 fully saturated rings. The SMILES string of the molecule is CCc1c(C)cncc1C. The van der Waals surface area contributed by atoms with E-state index in [1.165, 1.54) is 16.7 Å². The lowest BCUT2D eigenvalue weighted by atomic mass is 10.0. The van der Waals surface area contributed by atoms with Crippen LogP contribution in [0.25, 0.3) is 0 Å². The summed E-state index contributed by atoms with van der Waals surface area (Å²) in [6, 6.07) is 0. The van der Waals surface area contributed by atoms with Gasteiger partial charge in [0.25, 0.3) is 0 Å². The van der Waals surface area contributed by atoms with Crippen LogP contribution in [0, 0.1) is 13.8 Å². The van der Waals surface area contributed by atoms with Gasteiger partial charge in [0.05, 0.1) is 0 Å². The van der Waals surface area contributed by atoms with Crippen LogP contribution < -0.4 is 0 Å². The van der Waals surface area contributed by atoms with Crippen molar-refractivity contribution in [3.8, 4) is 0 Å². The molecule has 0 aliphatic carbocycles. The standard InChI is InChI=1S/C9H13N/c1-4-9-7(2)5-10-6-8(9)3/h5-6H,4H2,1-3H3. The number of hydrogen-bond donors (Lipinski definition) is 0. The molecule has 1 nitrogen and oxygen atoms in total. The Kier molecular flexibility index (Phi) is 2.05. The molecule has 1 aromatic rings. The minimum Gasteiger partial charge on any atom is -0.264 e. The molecule has 0 amide bonds. The van der Waals surface area contributed by atoms with Crippen molar-refractivity contribution >= 4 is 0 Å². The molecule has 0 bridgehead atoms.